The highest BCUT2D eigenvalue weighted by Crippen LogP contribution is 2.40. The number of anilines is 1. The molecule has 3 aromatic rings. The number of aryl methyl sites for hydroxylation is 1. The average molecular weight is 593 g/mol. The highest BCUT2D eigenvalue weighted by molar-refractivity contribution is 8.00. The summed E-state index contributed by atoms with van der Waals surface area (Å²) in [5.74, 6) is -1.54. The molecule has 0 saturated carbocycles. The fourth-order valence-electron chi connectivity index (χ4n) is 4.96. The topological polar surface area (TPSA) is 111 Å². The molecule has 0 radical (unpaired) electrons. The molecule has 0 spiro atoms. The van der Waals surface area contributed by atoms with Gasteiger partial charge in [0.1, 0.15) is 11.9 Å². The third-order valence-corrected chi connectivity index (χ3v) is 8.74. The summed E-state index contributed by atoms with van der Waals surface area (Å²) in [6.07, 6.45) is -1.40. The first-order chi connectivity index (χ1) is 20.0. The van der Waals surface area contributed by atoms with E-state index < -0.39 is 34.7 Å². The van der Waals surface area contributed by atoms with Crippen molar-refractivity contribution in [1.82, 2.24) is 15.5 Å². The van der Waals surface area contributed by atoms with E-state index in [0.29, 0.717) is 12.2 Å². The first kappa shape index (κ1) is 31.1. The van der Waals surface area contributed by atoms with E-state index in [1.54, 1.807) is 0 Å². The number of nitrogens with one attached hydrogen (secondary N) is 3. The van der Waals surface area contributed by atoms with Crippen LogP contribution in [0.2, 0.25) is 0 Å². The maximum atomic E-state index is 13.8. The highest BCUT2D eigenvalue weighted by atomic mass is 32.2. The third kappa shape index (κ3) is 7.89. The molecule has 1 aliphatic rings. The van der Waals surface area contributed by atoms with Gasteiger partial charge in [-0.2, -0.15) is 0 Å². The fourth-order valence-corrected chi connectivity index (χ4v) is 6.10. The SMILES string of the molecule is Cc1ccccc1CNC(=O)[C@H]1N(C(=O)[C@@H](O)C(Cc2ccccc2)NC(=O)CNc2ccc(F)cc2)CSC1(C)C. The van der Waals surface area contributed by atoms with Gasteiger partial charge in [0.05, 0.1) is 18.5 Å². The molecule has 8 nitrogen and oxygen atoms in total. The molecule has 10 heteroatoms. The minimum absolute atomic E-state index is 0.144. The molecule has 3 amide bonds. The highest BCUT2D eigenvalue weighted by Gasteiger charge is 2.49. The van der Waals surface area contributed by atoms with Gasteiger partial charge in [-0.15, -0.1) is 11.8 Å². The number of aliphatic hydroxyl groups excluding tert-OH is 1. The van der Waals surface area contributed by atoms with Gasteiger partial charge >= 0.3 is 0 Å². The Bertz CT molecular complexity index is 1390. The van der Waals surface area contributed by atoms with Gasteiger partial charge in [0.25, 0.3) is 5.91 Å². The van der Waals surface area contributed by atoms with Crippen molar-refractivity contribution in [3.8, 4) is 0 Å². The molecule has 3 aromatic carbocycles. The first-order valence-electron chi connectivity index (χ1n) is 13.8. The molecule has 0 bridgehead atoms. The molecule has 1 heterocycles. The summed E-state index contributed by atoms with van der Waals surface area (Å²) < 4.78 is 12.6. The maximum Gasteiger partial charge on any atom is 0.254 e. The lowest BCUT2D eigenvalue weighted by Gasteiger charge is -2.33. The molecule has 4 rings (SSSR count). The predicted molar refractivity (Wildman–Crippen MR) is 163 cm³/mol. The van der Waals surface area contributed by atoms with Crippen LogP contribution >= 0.6 is 11.8 Å². The number of rotatable bonds is 11. The third-order valence-electron chi connectivity index (χ3n) is 7.37. The second-order valence-electron chi connectivity index (χ2n) is 10.9. The number of halogens is 1. The molecule has 222 valence electrons. The number of hydrogen-bond acceptors (Lipinski definition) is 6. The van der Waals surface area contributed by atoms with Crippen LogP contribution in [0.15, 0.2) is 78.9 Å². The quantitative estimate of drug-likeness (QED) is 0.271. The summed E-state index contributed by atoms with van der Waals surface area (Å²) in [6.45, 7) is 5.95. The van der Waals surface area contributed by atoms with Crippen LogP contribution in [0.4, 0.5) is 10.1 Å². The van der Waals surface area contributed by atoms with Crippen molar-refractivity contribution in [3.63, 3.8) is 0 Å². The largest absolute Gasteiger partial charge is 0.381 e. The van der Waals surface area contributed by atoms with Crippen molar-refractivity contribution in [2.45, 2.75) is 56.7 Å². The Morgan fingerprint density at radius 3 is 2.38 bits per heavy atom. The van der Waals surface area contributed by atoms with Crippen LogP contribution in [-0.4, -0.2) is 63.1 Å². The van der Waals surface area contributed by atoms with Gasteiger partial charge in [0, 0.05) is 17.0 Å². The second kappa shape index (κ2) is 13.8. The van der Waals surface area contributed by atoms with E-state index in [9.17, 15) is 23.9 Å². The number of aliphatic hydroxyl groups is 1. The van der Waals surface area contributed by atoms with Crippen molar-refractivity contribution in [2.24, 2.45) is 0 Å². The fraction of sp³-hybridized carbons (Fsp3) is 0.344. The van der Waals surface area contributed by atoms with Crippen molar-refractivity contribution >= 4 is 35.2 Å². The zero-order valence-corrected chi connectivity index (χ0v) is 24.8. The average Bonchev–Trinajstić information content (AvgIpc) is 3.30. The Labute approximate surface area is 250 Å². The summed E-state index contributed by atoms with van der Waals surface area (Å²) in [5, 5.41) is 20.0. The number of thioether (sulfide) groups is 1. The number of carbonyl (C=O) groups is 3. The molecule has 4 N–H and O–H groups in total. The predicted octanol–water partition coefficient (Wildman–Crippen LogP) is 3.63. The minimum atomic E-state index is -1.60. The van der Waals surface area contributed by atoms with Crippen molar-refractivity contribution in [3.05, 3.63) is 101 Å². The summed E-state index contributed by atoms with van der Waals surface area (Å²) in [6, 6.07) is 20.8. The van der Waals surface area contributed by atoms with Crippen molar-refractivity contribution < 1.29 is 23.9 Å². The molecule has 1 saturated heterocycles. The number of benzene rings is 3. The number of nitrogens with zero attached hydrogens (tertiary/aromatic N) is 1. The van der Waals surface area contributed by atoms with Crippen LogP contribution in [0.1, 0.15) is 30.5 Å². The van der Waals surface area contributed by atoms with Crippen LogP contribution in [0.25, 0.3) is 0 Å². The Balaban J connectivity index is 1.47. The molecule has 0 aliphatic carbocycles. The Kier molecular flexibility index (Phi) is 10.2. The normalized spacial score (nSPS) is 17.3. The summed E-state index contributed by atoms with van der Waals surface area (Å²) in [7, 11) is 0. The van der Waals surface area contributed by atoms with Crippen LogP contribution in [-0.2, 0) is 27.3 Å². The Morgan fingerprint density at radius 2 is 1.69 bits per heavy atom. The van der Waals surface area contributed by atoms with Gasteiger partial charge in [-0.1, -0.05) is 54.6 Å². The molecule has 0 aromatic heterocycles. The van der Waals surface area contributed by atoms with Crippen molar-refractivity contribution in [2.75, 3.05) is 17.7 Å². The van der Waals surface area contributed by atoms with Gasteiger partial charge in [0.2, 0.25) is 11.8 Å². The van der Waals surface area contributed by atoms with Gasteiger partial charge in [-0.05, 0) is 68.1 Å². The van der Waals surface area contributed by atoms with Crippen LogP contribution < -0.4 is 16.0 Å². The summed E-state index contributed by atoms with van der Waals surface area (Å²) in [5.41, 5.74) is 3.41. The van der Waals surface area contributed by atoms with E-state index in [-0.39, 0.29) is 30.6 Å². The number of hydrogen-bond donors (Lipinski definition) is 4. The van der Waals surface area contributed by atoms with Crippen LogP contribution in [0, 0.1) is 12.7 Å². The van der Waals surface area contributed by atoms with Gasteiger partial charge in [0.15, 0.2) is 6.10 Å². The van der Waals surface area contributed by atoms with Gasteiger partial charge in [-0.25, -0.2) is 4.39 Å². The molecule has 1 fully saturated rings. The minimum Gasteiger partial charge on any atom is -0.381 e. The Hall–Kier alpha value is -3.89. The monoisotopic (exact) mass is 592 g/mol. The second-order valence-corrected chi connectivity index (χ2v) is 12.5. The van der Waals surface area contributed by atoms with E-state index in [2.05, 4.69) is 16.0 Å². The lowest BCUT2D eigenvalue weighted by Crippen LogP contribution is -2.59. The van der Waals surface area contributed by atoms with Gasteiger partial charge < -0.3 is 26.0 Å². The molecule has 1 aliphatic heterocycles. The van der Waals surface area contributed by atoms with E-state index in [1.807, 2.05) is 75.4 Å². The van der Waals surface area contributed by atoms with Gasteiger partial charge in [-0.3, -0.25) is 14.4 Å². The first-order valence-corrected chi connectivity index (χ1v) is 14.8. The van der Waals surface area contributed by atoms with E-state index >= 15 is 0 Å². The zero-order chi connectivity index (χ0) is 30.3. The van der Waals surface area contributed by atoms with Crippen LogP contribution in [0.3, 0.4) is 0 Å². The zero-order valence-electron chi connectivity index (χ0n) is 24.0. The summed E-state index contributed by atoms with van der Waals surface area (Å²) >= 11 is 1.46. The number of amides is 3. The molecule has 3 atom stereocenters. The molecule has 1 unspecified atom stereocenters. The standard InChI is InChI=1S/C32H37FN4O4S/c1-21-9-7-8-12-23(21)18-35-30(40)29-32(2,3)42-20-37(29)31(41)28(39)26(17-22-10-5-4-6-11-22)36-27(38)19-34-25-15-13-24(33)14-16-25/h4-16,26,28-29,34,39H,17-20H2,1-3H3,(H,35,40)(H,36,38)/t26?,28-,29+/m0/s1. The molecular formula is C32H37FN4O4S. The van der Waals surface area contributed by atoms with E-state index in [4.69, 9.17) is 0 Å². The number of carbonyl (C=O) groups excluding carboxylic acids is 3. The van der Waals surface area contributed by atoms with E-state index in [0.717, 1.165) is 16.7 Å². The smallest absolute Gasteiger partial charge is 0.254 e. The maximum absolute atomic E-state index is 13.8. The Morgan fingerprint density at radius 1 is 1.02 bits per heavy atom. The lowest BCUT2D eigenvalue weighted by atomic mass is 9.97. The van der Waals surface area contributed by atoms with Crippen molar-refractivity contribution in [1.29, 1.82) is 0 Å². The molecule has 42 heavy (non-hydrogen) atoms. The lowest BCUT2D eigenvalue weighted by molar-refractivity contribution is -0.147. The molecular weight excluding hydrogens is 555 g/mol. The van der Waals surface area contributed by atoms with Crippen LogP contribution in [0.5, 0.6) is 0 Å². The van der Waals surface area contributed by atoms with E-state index in [1.165, 1.54) is 40.9 Å². The summed E-state index contributed by atoms with van der Waals surface area (Å²) in [4.78, 5) is 41.6.